The molecule has 0 radical (unpaired) electrons. The average Bonchev–Trinajstić information content (AvgIpc) is 1.82. The Balaban J connectivity index is 0. The Kier molecular flexibility index (Phi) is 5.23. The number of hydrogen-bond acceptors (Lipinski definition) is 4. The second-order valence-electron chi connectivity index (χ2n) is 1.91. The van der Waals surface area contributed by atoms with Gasteiger partial charge in [0.05, 0.1) is 0 Å². The van der Waals surface area contributed by atoms with E-state index in [1.807, 2.05) is 0 Å². The summed E-state index contributed by atoms with van der Waals surface area (Å²) < 4.78 is 43.0. The van der Waals surface area contributed by atoms with Crippen molar-refractivity contribution < 1.29 is 85.4 Å². The van der Waals surface area contributed by atoms with Crippen molar-refractivity contribution in [3.8, 4) is 0 Å². The van der Waals surface area contributed by atoms with Crippen molar-refractivity contribution in [2.75, 3.05) is 0 Å². The standard InChI is InChI=1S/C3H4BF3O4.K.H/c5-2-1(11-4(8)9)3(6,7)10-2;;/h1-2,8-9H;;/q;+1;-1. The van der Waals surface area contributed by atoms with Crippen LogP contribution in [0.3, 0.4) is 0 Å². The Morgan fingerprint density at radius 3 is 2.17 bits per heavy atom. The first kappa shape index (κ1) is 13.3. The zero-order valence-corrected chi connectivity index (χ0v) is 9.20. The van der Waals surface area contributed by atoms with Gasteiger partial charge in [0.1, 0.15) is 0 Å². The fraction of sp³-hybridized carbons (Fsp3) is 1.00. The quantitative estimate of drug-likeness (QED) is 0.464. The largest absolute Gasteiger partial charge is 1.00 e. The van der Waals surface area contributed by atoms with Crippen molar-refractivity contribution in [1.82, 2.24) is 0 Å². The third-order valence-corrected chi connectivity index (χ3v) is 1.11. The monoisotopic (exact) mass is 212 g/mol. The summed E-state index contributed by atoms with van der Waals surface area (Å²) in [5.74, 6) is 0. The molecule has 0 saturated carbocycles. The van der Waals surface area contributed by atoms with Crippen molar-refractivity contribution >= 4 is 7.32 Å². The van der Waals surface area contributed by atoms with Crippen LogP contribution in [0.1, 0.15) is 1.43 Å². The molecule has 0 aromatic heterocycles. The van der Waals surface area contributed by atoms with E-state index in [0.717, 1.165) is 0 Å². The van der Waals surface area contributed by atoms with Crippen LogP contribution in [-0.2, 0) is 9.39 Å². The maximum Gasteiger partial charge on any atom is 1.00 e. The molecule has 0 amide bonds. The SMILES string of the molecule is OB(O)OC1C(F)OC1(F)F.[H-].[K+]. The molecule has 0 spiro atoms. The van der Waals surface area contributed by atoms with Crippen molar-refractivity contribution in [2.45, 2.75) is 18.6 Å². The summed E-state index contributed by atoms with van der Waals surface area (Å²) in [5.41, 5.74) is 0. The van der Waals surface area contributed by atoms with Gasteiger partial charge in [-0.3, -0.25) is 4.74 Å². The van der Waals surface area contributed by atoms with E-state index < -0.39 is 25.9 Å². The zero-order chi connectivity index (χ0) is 8.65. The molecule has 1 saturated heterocycles. The average molecular weight is 212 g/mol. The summed E-state index contributed by atoms with van der Waals surface area (Å²) >= 11 is 0. The van der Waals surface area contributed by atoms with Crippen LogP contribution in [0, 0.1) is 0 Å². The van der Waals surface area contributed by atoms with Crippen LogP contribution in [0.2, 0.25) is 0 Å². The predicted molar refractivity (Wildman–Crippen MR) is 27.1 cm³/mol. The van der Waals surface area contributed by atoms with E-state index >= 15 is 0 Å². The van der Waals surface area contributed by atoms with Gasteiger partial charge in [-0.05, 0) is 0 Å². The number of halogens is 3. The first-order valence-electron chi connectivity index (χ1n) is 2.65. The van der Waals surface area contributed by atoms with Gasteiger partial charge in [-0.25, -0.2) is 4.39 Å². The number of hydrogen-bond donors (Lipinski definition) is 2. The fourth-order valence-electron chi connectivity index (χ4n) is 0.631. The van der Waals surface area contributed by atoms with Crippen molar-refractivity contribution in [3.05, 3.63) is 0 Å². The number of alkyl halides is 3. The van der Waals surface area contributed by atoms with Gasteiger partial charge in [-0.1, -0.05) is 0 Å². The van der Waals surface area contributed by atoms with Gasteiger partial charge >= 0.3 is 64.8 Å². The van der Waals surface area contributed by atoms with E-state index in [1.54, 1.807) is 0 Å². The van der Waals surface area contributed by atoms with Crippen LogP contribution < -0.4 is 51.4 Å². The Morgan fingerprint density at radius 2 is 2.00 bits per heavy atom. The molecule has 66 valence electrons. The molecule has 1 aliphatic heterocycles. The van der Waals surface area contributed by atoms with Gasteiger partial charge in [-0.2, -0.15) is 8.78 Å². The zero-order valence-electron chi connectivity index (χ0n) is 7.08. The van der Waals surface area contributed by atoms with E-state index in [2.05, 4.69) is 9.39 Å². The minimum Gasteiger partial charge on any atom is -1.00 e. The summed E-state index contributed by atoms with van der Waals surface area (Å²) in [6.07, 6.45) is -8.32. The number of rotatable bonds is 2. The summed E-state index contributed by atoms with van der Waals surface area (Å²) in [6.45, 7) is 0. The third-order valence-electron chi connectivity index (χ3n) is 1.11. The molecule has 1 heterocycles. The van der Waals surface area contributed by atoms with Crippen molar-refractivity contribution in [3.63, 3.8) is 0 Å². The Hall–Kier alpha value is 1.33. The molecule has 12 heavy (non-hydrogen) atoms. The normalized spacial score (nSPS) is 31.8. The van der Waals surface area contributed by atoms with E-state index in [-0.39, 0.29) is 52.8 Å². The third kappa shape index (κ3) is 2.93. The van der Waals surface area contributed by atoms with Crippen LogP contribution >= 0.6 is 0 Å². The minimum atomic E-state index is -3.77. The van der Waals surface area contributed by atoms with Crippen molar-refractivity contribution in [2.24, 2.45) is 0 Å². The Bertz CT molecular complexity index is 164. The molecule has 4 nitrogen and oxygen atoms in total. The van der Waals surface area contributed by atoms with Gasteiger partial charge in [-0.15, -0.1) is 0 Å². The van der Waals surface area contributed by atoms with Crippen LogP contribution in [0.25, 0.3) is 0 Å². The van der Waals surface area contributed by atoms with Crippen LogP contribution in [-0.4, -0.2) is 35.9 Å². The van der Waals surface area contributed by atoms with Gasteiger partial charge in [0.2, 0.25) is 6.36 Å². The molecule has 2 N–H and O–H groups in total. The van der Waals surface area contributed by atoms with Crippen LogP contribution in [0.5, 0.6) is 0 Å². The Labute approximate surface area is 110 Å². The van der Waals surface area contributed by atoms with Crippen molar-refractivity contribution in [1.29, 1.82) is 0 Å². The number of ether oxygens (including phenoxy) is 1. The second kappa shape index (κ2) is 4.71. The molecule has 9 heteroatoms. The van der Waals surface area contributed by atoms with Gasteiger partial charge in [0.15, 0.2) is 6.10 Å². The van der Waals surface area contributed by atoms with E-state index in [0.29, 0.717) is 0 Å². The molecule has 0 aromatic carbocycles. The fourth-order valence-corrected chi connectivity index (χ4v) is 0.631. The molecule has 0 aliphatic carbocycles. The van der Waals surface area contributed by atoms with E-state index in [1.165, 1.54) is 0 Å². The van der Waals surface area contributed by atoms with Gasteiger partial charge in [0, 0.05) is 0 Å². The summed E-state index contributed by atoms with van der Waals surface area (Å²) in [5, 5.41) is 16.0. The molecular weight excluding hydrogens is 207 g/mol. The molecule has 0 bridgehead atoms. The first-order valence-corrected chi connectivity index (χ1v) is 2.65. The Morgan fingerprint density at radius 1 is 1.50 bits per heavy atom. The summed E-state index contributed by atoms with van der Waals surface area (Å²) in [6, 6.07) is 0. The topological polar surface area (TPSA) is 58.9 Å². The van der Waals surface area contributed by atoms with E-state index in [4.69, 9.17) is 10.0 Å². The second-order valence-corrected chi connectivity index (χ2v) is 1.91. The smallest absolute Gasteiger partial charge is 1.00 e. The maximum absolute atomic E-state index is 12.0. The molecular formula is C3H5BF3KO4. The van der Waals surface area contributed by atoms with Gasteiger partial charge in [0.25, 0.3) is 0 Å². The predicted octanol–water partition coefficient (Wildman–Crippen LogP) is -3.62. The maximum atomic E-state index is 12.0. The van der Waals surface area contributed by atoms with E-state index in [9.17, 15) is 13.2 Å². The molecule has 2 atom stereocenters. The summed E-state index contributed by atoms with van der Waals surface area (Å²) in [4.78, 5) is 0. The molecule has 1 aliphatic rings. The van der Waals surface area contributed by atoms with Crippen LogP contribution in [0.4, 0.5) is 13.2 Å². The van der Waals surface area contributed by atoms with Gasteiger partial charge < -0.3 is 16.1 Å². The minimum absolute atomic E-state index is 0. The molecule has 0 aromatic rings. The summed E-state index contributed by atoms with van der Waals surface area (Å²) in [7, 11) is -2.42. The molecule has 1 rings (SSSR count). The molecule has 2 unspecified atom stereocenters. The molecule has 1 fully saturated rings. The first-order chi connectivity index (χ1) is 4.93. The van der Waals surface area contributed by atoms with Crippen LogP contribution in [0.15, 0.2) is 0 Å².